The predicted molar refractivity (Wildman–Crippen MR) is 92.1 cm³/mol. The number of hydrogen-bond acceptors (Lipinski definition) is 3. The van der Waals surface area contributed by atoms with E-state index in [2.05, 4.69) is 12.2 Å². The first-order chi connectivity index (χ1) is 11.0. The van der Waals surface area contributed by atoms with Crippen molar-refractivity contribution in [3.8, 4) is 0 Å². The predicted octanol–water partition coefficient (Wildman–Crippen LogP) is 3.43. The van der Waals surface area contributed by atoms with Gasteiger partial charge in [-0.2, -0.15) is 0 Å². The lowest BCUT2D eigenvalue weighted by Crippen LogP contribution is -2.42. The Morgan fingerprint density at radius 1 is 1.26 bits per heavy atom. The molecule has 2 aromatic rings. The molecule has 2 N–H and O–H groups in total. The van der Waals surface area contributed by atoms with Crippen LogP contribution in [0.1, 0.15) is 39.0 Å². The summed E-state index contributed by atoms with van der Waals surface area (Å²) in [5.74, 6) is -1.34. The van der Waals surface area contributed by atoms with Crippen molar-refractivity contribution in [2.24, 2.45) is 0 Å². The molecule has 1 aromatic heterocycles. The van der Waals surface area contributed by atoms with E-state index in [1.165, 1.54) is 11.3 Å². The van der Waals surface area contributed by atoms with Gasteiger partial charge in [0.05, 0.1) is 4.88 Å². The van der Waals surface area contributed by atoms with Gasteiger partial charge in [0.25, 0.3) is 5.91 Å². The van der Waals surface area contributed by atoms with Crippen molar-refractivity contribution in [2.75, 3.05) is 0 Å². The summed E-state index contributed by atoms with van der Waals surface area (Å²) in [6, 6.07) is 10.3. The Morgan fingerprint density at radius 3 is 2.57 bits per heavy atom. The molecule has 0 fully saturated rings. The number of carboxylic acid groups (broad SMARTS) is 1. The van der Waals surface area contributed by atoms with E-state index in [-0.39, 0.29) is 12.3 Å². The summed E-state index contributed by atoms with van der Waals surface area (Å²) in [6.07, 6.45) is 2.22. The van der Waals surface area contributed by atoms with Crippen LogP contribution in [0.15, 0.2) is 36.4 Å². The maximum Gasteiger partial charge on any atom is 0.326 e. The average Bonchev–Trinajstić information content (AvgIpc) is 2.89. The third-order valence-electron chi connectivity index (χ3n) is 3.65. The molecule has 1 amide bonds. The summed E-state index contributed by atoms with van der Waals surface area (Å²) in [4.78, 5) is 25.5. The van der Waals surface area contributed by atoms with E-state index in [0.29, 0.717) is 4.88 Å². The van der Waals surface area contributed by atoms with Gasteiger partial charge in [0.2, 0.25) is 0 Å². The van der Waals surface area contributed by atoms with Gasteiger partial charge in [-0.05, 0) is 30.5 Å². The van der Waals surface area contributed by atoms with E-state index in [1.54, 1.807) is 0 Å². The van der Waals surface area contributed by atoms with Crippen molar-refractivity contribution >= 4 is 23.2 Å². The molecule has 0 aliphatic rings. The van der Waals surface area contributed by atoms with Gasteiger partial charge in [-0.25, -0.2) is 4.79 Å². The number of benzene rings is 1. The van der Waals surface area contributed by atoms with Crippen LogP contribution in [0.4, 0.5) is 0 Å². The van der Waals surface area contributed by atoms with Gasteiger partial charge in [0, 0.05) is 11.3 Å². The lowest BCUT2D eigenvalue weighted by Gasteiger charge is -2.14. The maximum atomic E-state index is 12.4. The number of carboxylic acids is 1. The number of hydrogen-bond donors (Lipinski definition) is 2. The summed E-state index contributed by atoms with van der Waals surface area (Å²) < 4.78 is 0. The molecule has 0 aliphatic carbocycles. The number of aryl methyl sites for hydroxylation is 2. The van der Waals surface area contributed by atoms with Crippen LogP contribution in [-0.2, 0) is 17.6 Å². The monoisotopic (exact) mass is 331 g/mol. The minimum atomic E-state index is -1.02. The van der Waals surface area contributed by atoms with E-state index < -0.39 is 12.0 Å². The lowest BCUT2D eigenvalue weighted by molar-refractivity contribution is -0.139. The van der Waals surface area contributed by atoms with Gasteiger partial charge < -0.3 is 10.4 Å². The smallest absolute Gasteiger partial charge is 0.326 e. The second-order valence-electron chi connectivity index (χ2n) is 5.50. The molecule has 122 valence electrons. The van der Waals surface area contributed by atoms with Gasteiger partial charge in [0.1, 0.15) is 6.04 Å². The SMILES string of the molecule is CCCc1cc(C(=O)N[C@H](Cc2ccccc2)C(=O)O)sc1C. The standard InChI is InChI=1S/C18H21NO3S/c1-3-7-14-11-16(23-12(14)2)17(20)19-15(18(21)22)10-13-8-5-4-6-9-13/h4-6,8-9,11,15H,3,7,10H2,1-2H3,(H,19,20)(H,21,22)/t15-/m1/s1. The Balaban J connectivity index is 2.09. The molecular formula is C18H21NO3S. The fraction of sp³-hybridized carbons (Fsp3) is 0.333. The van der Waals surface area contributed by atoms with Crippen LogP contribution >= 0.6 is 11.3 Å². The van der Waals surface area contributed by atoms with E-state index in [1.807, 2.05) is 43.3 Å². The van der Waals surface area contributed by atoms with Crippen LogP contribution in [0, 0.1) is 6.92 Å². The van der Waals surface area contributed by atoms with Gasteiger partial charge in [-0.1, -0.05) is 43.7 Å². The number of aliphatic carboxylic acids is 1. The van der Waals surface area contributed by atoms with E-state index >= 15 is 0 Å². The highest BCUT2D eigenvalue weighted by atomic mass is 32.1. The Hall–Kier alpha value is -2.14. The van der Waals surface area contributed by atoms with Crippen LogP contribution in [-0.4, -0.2) is 23.0 Å². The molecule has 23 heavy (non-hydrogen) atoms. The van der Waals surface area contributed by atoms with Gasteiger partial charge >= 0.3 is 5.97 Å². The number of rotatable bonds is 7. The zero-order chi connectivity index (χ0) is 16.8. The third-order valence-corrected chi connectivity index (χ3v) is 4.74. The largest absolute Gasteiger partial charge is 0.480 e. The molecule has 1 heterocycles. The number of carbonyl (C=O) groups excluding carboxylic acids is 1. The fourth-order valence-corrected chi connectivity index (χ4v) is 3.40. The van der Waals surface area contributed by atoms with Crippen LogP contribution < -0.4 is 5.32 Å². The molecule has 1 aromatic carbocycles. The molecule has 0 saturated heterocycles. The summed E-state index contributed by atoms with van der Waals surface area (Å²) in [6.45, 7) is 4.09. The third kappa shape index (κ3) is 4.66. The quantitative estimate of drug-likeness (QED) is 0.817. The van der Waals surface area contributed by atoms with Crippen molar-refractivity contribution in [2.45, 2.75) is 39.2 Å². The highest BCUT2D eigenvalue weighted by Crippen LogP contribution is 2.23. The number of nitrogens with one attached hydrogen (secondary N) is 1. The second-order valence-corrected chi connectivity index (χ2v) is 6.75. The second kappa shape index (κ2) is 7.92. The first-order valence-electron chi connectivity index (χ1n) is 7.68. The van der Waals surface area contributed by atoms with Crippen molar-refractivity contribution in [3.63, 3.8) is 0 Å². The molecule has 5 heteroatoms. The zero-order valence-corrected chi connectivity index (χ0v) is 14.2. The van der Waals surface area contributed by atoms with Gasteiger partial charge in [-0.15, -0.1) is 11.3 Å². The number of carbonyl (C=O) groups is 2. The van der Waals surface area contributed by atoms with Crippen molar-refractivity contribution in [1.29, 1.82) is 0 Å². The van der Waals surface area contributed by atoms with Crippen molar-refractivity contribution in [3.05, 3.63) is 57.3 Å². The Bertz CT molecular complexity index is 679. The molecule has 0 spiro atoms. The van der Waals surface area contributed by atoms with Gasteiger partial charge in [0.15, 0.2) is 0 Å². The summed E-state index contributed by atoms with van der Waals surface area (Å²) in [7, 11) is 0. The topological polar surface area (TPSA) is 66.4 Å². The Labute approximate surface area is 140 Å². The van der Waals surface area contributed by atoms with Crippen LogP contribution in [0.25, 0.3) is 0 Å². The van der Waals surface area contributed by atoms with Gasteiger partial charge in [-0.3, -0.25) is 4.79 Å². The van der Waals surface area contributed by atoms with Crippen LogP contribution in [0.2, 0.25) is 0 Å². The lowest BCUT2D eigenvalue weighted by atomic mass is 10.1. The zero-order valence-electron chi connectivity index (χ0n) is 13.3. The Kier molecular flexibility index (Phi) is 5.93. The van der Waals surface area contributed by atoms with Crippen molar-refractivity contribution < 1.29 is 14.7 Å². The van der Waals surface area contributed by atoms with Crippen LogP contribution in [0.5, 0.6) is 0 Å². The minimum Gasteiger partial charge on any atom is -0.480 e. The molecule has 0 unspecified atom stereocenters. The summed E-state index contributed by atoms with van der Waals surface area (Å²) in [5.41, 5.74) is 2.05. The molecule has 0 radical (unpaired) electrons. The molecule has 0 bridgehead atoms. The van der Waals surface area contributed by atoms with E-state index in [4.69, 9.17) is 0 Å². The molecule has 4 nitrogen and oxygen atoms in total. The normalized spacial score (nSPS) is 11.9. The maximum absolute atomic E-state index is 12.4. The van der Waals surface area contributed by atoms with Crippen molar-refractivity contribution in [1.82, 2.24) is 5.32 Å². The Morgan fingerprint density at radius 2 is 1.96 bits per heavy atom. The molecule has 2 rings (SSSR count). The fourth-order valence-electron chi connectivity index (χ4n) is 2.43. The highest BCUT2D eigenvalue weighted by Gasteiger charge is 2.22. The highest BCUT2D eigenvalue weighted by molar-refractivity contribution is 7.14. The number of thiophene rings is 1. The average molecular weight is 331 g/mol. The summed E-state index contributed by atoms with van der Waals surface area (Å²) in [5, 5.41) is 12.0. The van der Waals surface area contributed by atoms with Crippen LogP contribution in [0.3, 0.4) is 0 Å². The molecule has 0 saturated carbocycles. The minimum absolute atomic E-state index is 0.272. The molecule has 0 aliphatic heterocycles. The number of amides is 1. The molecular weight excluding hydrogens is 310 g/mol. The first-order valence-corrected chi connectivity index (χ1v) is 8.49. The molecule has 1 atom stereocenters. The first kappa shape index (κ1) is 17.2. The summed E-state index contributed by atoms with van der Waals surface area (Å²) >= 11 is 1.42. The van der Waals surface area contributed by atoms with E-state index in [0.717, 1.165) is 28.8 Å². The van der Waals surface area contributed by atoms with E-state index in [9.17, 15) is 14.7 Å².